The van der Waals surface area contributed by atoms with E-state index < -0.39 is 18.4 Å². The monoisotopic (exact) mass is 434 g/mol. The van der Waals surface area contributed by atoms with Gasteiger partial charge in [0.15, 0.2) is 5.01 Å². The zero-order valence-corrected chi connectivity index (χ0v) is 18.2. The molecular weight excluding hydrogens is 396 g/mol. The van der Waals surface area contributed by atoms with Gasteiger partial charge in [0, 0.05) is 0 Å². The fourth-order valence-corrected chi connectivity index (χ4v) is 3.58. The van der Waals surface area contributed by atoms with Gasteiger partial charge in [0.1, 0.15) is 6.42 Å². The highest BCUT2D eigenvalue weighted by Gasteiger charge is 2.13. The predicted octanol–water partition coefficient (Wildman–Crippen LogP) is 6.99. The number of carboxylic acid groups (broad SMARTS) is 1. The number of carboxylic acids is 1. The van der Waals surface area contributed by atoms with Gasteiger partial charge in [-0.15, -0.1) is 0 Å². The summed E-state index contributed by atoms with van der Waals surface area (Å²) in [5.41, 5.74) is 0. The van der Waals surface area contributed by atoms with Gasteiger partial charge in [-0.3, -0.25) is 9.59 Å². The highest BCUT2D eigenvalue weighted by atomic mass is 79.9. The topological polar surface area (TPSA) is 63.6 Å². The maximum Gasteiger partial charge on any atom is 0.318 e. The molecule has 26 heavy (non-hydrogen) atoms. The number of carbonyl (C=O) groups is 2. The Morgan fingerprint density at radius 2 is 1.15 bits per heavy atom. The minimum absolute atomic E-state index is 0.365. The molecule has 0 aliphatic heterocycles. The zero-order chi connectivity index (χ0) is 19.5. The van der Waals surface area contributed by atoms with Crippen LogP contribution in [0.25, 0.3) is 0 Å². The first-order valence-electron chi connectivity index (χ1n) is 10.6. The van der Waals surface area contributed by atoms with Crippen molar-refractivity contribution in [1.29, 1.82) is 0 Å². The van der Waals surface area contributed by atoms with Crippen molar-refractivity contribution >= 4 is 27.9 Å². The normalized spacial score (nSPS) is 12.1. The first kappa shape index (κ1) is 25.4. The molecule has 0 aromatic rings. The van der Waals surface area contributed by atoms with Crippen LogP contribution in [0.5, 0.6) is 0 Å². The molecule has 0 amide bonds. The van der Waals surface area contributed by atoms with Crippen LogP contribution in [0.2, 0.25) is 0 Å². The molecule has 0 radical (unpaired) electrons. The van der Waals surface area contributed by atoms with Gasteiger partial charge in [-0.25, -0.2) is 0 Å². The van der Waals surface area contributed by atoms with Crippen LogP contribution in [0.1, 0.15) is 116 Å². The van der Waals surface area contributed by atoms with Crippen molar-refractivity contribution < 1.29 is 19.4 Å². The van der Waals surface area contributed by atoms with Gasteiger partial charge in [0.25, 0.3) is 0 Å². The molecule has 0 aliphatic carbocycles. The standard InChI is InChI=1S/C21H39BrO4/c1-2-3-4-5-6-7-8-9-10-11-12-13-14-15-16-17-19(22)26-21(25)18-20(23)24/h19H,2-18H2,1H3,(H,23,24). The van der Waals surface area contributed by atoms with Crippen molar-refractivity contribution in [2.45, 2.75) is 121 Å². The van der Waals surface area contributed by atoms with Crippen molar-refractivity contribution in [3.8, 4) is 0 Å². The van der Waals surface area contributed by atoms with E-state index in [1.807, 2.05) is 0 Å². The molecule has 4 nitrogen and oxygen atoms in total. The molecule has 0 rings (SSSR count). The summed E-state index contributed by atoms with van der Waals surface area (Å²) in [6.45, 7) is 2.26. The van der Waals surface area contributed by atoms with E-state index in [9.17, 15) is 9.59 Å². The van der Waals surface area contributed by atoms with Gasteiger partial charge >= 0.3 is 11.9 Å². The van der Waals surface area contributed by atoms with E-state index in [2.05, 4.69) is 22.9 Å². The number of unbranched alkanes of at least 4 members (excludes halogenated alkanes) is 14. The molecule has 154 valence electrons. The number of halogens is 1. The van der Waals surface area contributed by atoms with Crippen LogP contribution in [0, 0.1) is 0 Å². The molecule has 0 spiro atoms. The second kappa shape index (κ2) is 19.2. The quantitative estimate of drug-likeness (QED) is 0.103. The van der Waals surface area contributed by atoms with Crippen LogP contribution in [0.4, 0.5) is 0 Å². The summed E-state index contributed by atoms with van der Waals surface area (Å²) in [4.78, 5) is 21.6. The Bertz CT molecular complexity index is 347. The van der Waals surface area contributed by atoms with Crippen molar-refractivity contribution in [2.24, 2.45) is 0 Å². The molecule has 0 fully saturated rings. The van der Waals surface area contributed by atoms with Gasteiger partial charge in [0.05, 0.1) is 0 Å². The minimum atomic E-state index is -1.15. The van der Waals surface area contributed by atoms with Gasteiger partial charge in [0.2, 0.25) is 0 Å². The van der Waals surface area contributed by atoms with Crippen LogP contribution < -0.4 is 0 Å². The Morgan fingerprint density at radius 3 is 1.54 bits per heavy atom. The number of hydrogen-bond acceptors (Lipinski definition) is 3. The molecule has 0 heterocycles. The number of esters is 1. The van der Waals surface area contributed by atoms with Crippen LogP contribution in [0.3, 0.4) is 0 Å². The largest absolute Gasteiger partial charge is 0.481 e. The smallest absolute Gasteiger partial charge is 0.318 e. The highest BCUT2D eigenvalue weighted by molar-refractivity contribution is 9.09. The number of carbonyl (C=O) groups excluding carboxylic acids is 1. The molecule has 5 heteroatoms. The van der Waals surface area contributed by atoms with Crippen molar-refractivity contribution in [3.05, 3.63) is 0 Å². The minimum Gasteiger partial charge on any atom is -0.481 e. The van der Waals surface area contributed by atoms with E-state index in [0.717, 1.165) is 19.3 Å². The molecule has 0 bridgehead atoms. The molecule has 0 aromatic carbocycles. The third-order valence-corrected chi connectivity index (χ3v) is 5.23. The summed E-state index contributed by atoms with van der Waals surface area (Å²) in [5.74, 6) is -1.83. The Labute approximate surface area is 168 Å². The van der Waals surface area contributed by atoms with Crippen LogP contribution in [-0.2, 0) is 14.3 Å². The Morgan fingerprint density at radius 1 is 0.769 bits per heavy atom. The molecule has 0 aromatic heterocycles. The predicted molar refractivity (Wildman–Crippen MR) is 111 cm³/mol. The Hall–Kier alpha value is -0.580. The van der Waals surface area contributed by atoms with Crippen molar-refractivity contribution in [1.82, 2.24) is 0 Å². The Kier molecular flexibility index (Phi) is 18.8. The van der Waals surface area contributed by atoms with E-state index in [1.165, 1.54) is 83.5 Å². The van der Waals surface area contributed by atoms with Gasteiger partial charge in [-0.1, -0.05) is 96.8 Å². The van der Waals surface area contributed by atoms with Crippen LogP contribution >= 0.6 is 15.9 Å². The lowest BCUT2D eigenvalue weighted by Crippen LogP contribution is -2.15. The maximum atomic E-state index is 11.2. The molecule has 1 atom stereocenters. The van der Waals surface area contributed by atoms with Crippen LogP contribution in [0.15, 0.2) is 0 Å². The summed E-state index contributed by atoms with van der Waals surface area (Å²) >= 11 is 3.27. The first-order chi connectivity index (χ1) is 12.6. The Balaban J connectivity index is 3.21. The summed E-state index contributed by atoms with van der Waals surface area (Å²) in [5, 5.41) is 8.13. The van der Waals surface area contributed by atoms with E-state index in [1.54, 1.807) is 0 Å². The summed E-state index contributed by atoms with van der Waals surface area (Å²) in [6.07, 6.45) is 20.0. The van der Waals surface area contributed by atoms with Crippen molar-refractivity contribution in [2.75, 3.05) is 0 Å². The second-order valence-corrected chi connectivity index (χ2v) is 8.23. The summed E-state index contributed by atoms with van der Waals surface area (Å²) in [6, 6.07) is 0. The third-order valence-electron chi connectivity index (χ3n) is 4.59. The number of ether oxygens (including phenoxy) is 1. The fraction of sp³-hybridized carbons (Fsp3) is 0.905. The lowest BCUT2D eigenvalue weighted by atomic mass is 10.0. The molecule has 0 saturated heterocycles. The van der Waals surface area contributed by atoms with Gasteiger partial charge in [-0.05, 0) is 28.8 Å². The van der Waals surface area contributed by atoms with E-state index in [0.29, 0.717) is 0 Å². The molecular formula is C21H39BrO4. The first-order valence-corrected chi connectivity index (χ1v) is 11.5. The van der Waals surface area contributed by atoms with Crippen LogP contribution in [-0.4, -0.2) is 22.1 Å². The summed E-state index contributed by atoms with van der Waals surface area (Å²) in [7, 11) is 0. The summed E-state index contributed by atoms with van der Waals surface area (Å²) < 4.78 is 4.98. The average Bonchev–Trinajstić information content (AvgIpc) is 2.57. The SMILES string of the molecule is CCCCCCCCCCCCCCCCCC(Br)OC(=O)CC(=O)O. The molecule has 1 N–H and O–H groups in total. The lowest BCUT2D eigenvalue weighted by molar-refractivity contribution is -0.152. The van der Waals surface area contributed by atoms with Gasteiger partial charge < -0.3 is 9.84 Å². The van der Waals surface area contributed by atoms with Gasteiger partial charge in [-0.2, -0.15) is 0 Å². The fourth-order valence-electron chi connectivity index (χ4n) is 3.04. The molecule has 0 aliphatic rings. The number of rotatable bonds is 19. The number of alkyl halides is 1. The number of hydrogen-bond donors (Lipinski definition) is 1. The third kappa shape index (κ3) is 19.7. The van der Waals surface area contributed by atoms with E-state index in [4.69, 9.17) is 9.84 Å². The molecule has 0 saturated carbocycles. The van der Waals surface area contributed by atoms with Crippen molar-refractivity contribution in [3.63, 3.8) is 0 Å². The molecule has 1 unspecified atom stereocenters. The lowest BCUT2D eigenvalue weighted by Gasteiger charge is -2.10. The second-order valence-electron chi connectivity index (χ2n) is 7.21. The average molecular weight is 435 g/mol. The van der Waals surface area contributed by atoms with E-state index >= 15 is 0 Å². The number of aliphatic carboxylic acids is 1. The maximum absolute atomic E-state index is 11.2. The van der Waals surface area contributed by atoms with E-state index in [-0.39, 0.29) is 5.01 Å². The zero-order valence-electron chi connectivity index (χ0n) is 16.6. The highest BCUT2D eigenvalue weighted by Crippen LogP contribution is 2.16.